The van der Waals surface area contributed by atoms with Crippen LogP contribution in [0.15, 0.2) is 36.4 Å². The summed E-state index contributed by atoms with van der Waals surface area (Å²) in [4.78, 5) is 0. The Morgan fingerprint density at radius 1 is 0.706 bits per heavy atom. The molecule has 0 N–H and O–H groups in total. The van der Waals surface area contributed by atoms with Crippen LogP contribution in [0.2, 0.25) is 0 Å². The molecule has 34 heavy (non-hydrogen) atoms. The second-order valence-corrected chi connectivity index (χ2v) is 14.9. The van der Waals surface area contributed by atoms with Crippen molar-refractivity contribution in [1.29, 1.82) is 0 Å². The first kappa shape index (κ1) is 25.9. The van der Waals surface area contributed by atoms with Crippen LogP contribution in [-0.4, -0.2) is 11.3 Å². The molecule has 2 aromatic carbocycles. The zero-order valence-electron chi connectivity index (χ0n) is 22.7. The van der Waals surface area contributed by atoms with E-state index in [1.807, 2.05) is 0 Å². The van der Waals surface area contributed by atoms with Crippen LogP contribution in [0.3, 0.4) is 0 Å². The van der Waals surface area contributed by atoms with E-state index in [-0.39, 0.29) is 7.92 Å². The SMILES string of the molecule is Cc1cc(CC(C)C)c(-c2ccccc2P(C2CCCCC2)C2CCCCC2)c(CC(C)C)c1. The quantitative estimate of drug-likeness (QED) is 0.333. The van der Waals surface area contributed by atoms with Gasteiger partial charge in [0.1, 0.15) is 0 Å². The predicted octanol–water partition coefficient (Wildman–Crippen LogP) is 9.83. The van der Waals surface area contributed by atoms with Crippen molar-refractivity contribution in [1.82, 2.24) is 0 Å². The molecule has 2 saturated carbocycles. The topological polar surface area (TPSA) is 0 Å². The standard InChI is InChI=1S/C33H49P/c1-24(2)20-27-22-26(5)23-28(21-25(3)4)33(27)31-18-12-13-19-32(31)34(29-14-8-6-9-15-29)30-16-10-7-11-17-30/h12-13,18-19,22-25,29-30H,6-11,14-17,20-21H2,1-5H3. The molecule has 0 radical (unpaired) electrons. The summed E-state index contributed by atoms with van der Waals surface area (Å²) in [5, 5.41) is 1.76. The van der Waals surface area contributed by atoms with Crippen LogP contribution < -0.4 is 5.30 Å². The molecule has 1 heteroatoms. The molecular weight excluding hydrogens is 427 g/mol. The third kappa shape index (κ3) is 6.35. The Morgan fingerprint density at radius 2 is 1.18 bits per heavy atom. The highest BCUT2D eigenvalue weighted by atomic mass is 31.1. The molecule has 2 aliphatic carbocycles. The van der Waals surface area contributed by atoms with E-state index >= 15 is 0 Å². The molecular formula is C33H49P. The van der Waals surface area contributed by atoms with Crippen LogP contribution >= 0.6 is 7.92 Å². The first-order valence-corrected chi connectivity index (χ1v) is 15.9. The first-order chi connectivity index (χ1) is 16.4. The molecule has 0 aliphatic heterocycles. The van der Waals surface area contributed by atoms with Gasteiger partial charge in [0.05, 0.1) is 0 Å². The number of rotatable bonds is 8. The summed E-state index contributed by atoms with van der Waals surface area (Å²) in [6.07, 6.45) is 17.0. The summed E-state index contributed by atoms with van der Waals surface area (Å²) in [6, 6.07) is 14.8. The first-order valence-electron chi connectivity index (χ1n) is 14.4. The molecule has 0 atom stereocenters. The van der Waals surface area contributed by atoms with Gasteiger partial charge < -0.3 is 0 Å². The fourth-order valence-electron chi connectivity index (χ4n) is 6.81. The van der Waals surface area contributed by atoms with Gasteiger partial charge in [0.25, 0.3) is 0 Å². The van der Waals surface area contributed by atoms with Crippen LogP contribution in [0.25, 0.3) is 11.1 Å². The molecule has 0 spiro atoms. The Bertz CT molecular complexity index is 863. The van der Waals surface area contributed by atoms with Crippen molar-refractivity contribution in [3.63, 3.8) is 0 Å². The van der Waals surface area contributed by atoms with Crippen LogP contribution in [0.4, 0.5) is 0 Å². The fraction of sp³-hybridized carbons (Fsp3) is 0.636. The molecule has 0 amide bonds. The summed E-state index contributed by atoms with van der Waals surface area (Å²) in [7, 11) is -0.110. The van der Waals surface area contributed by atoms with E-state index in [4.69, 9.17) is 0 Å². The molecule has 0 bridgehead atoms. The summed E-state index contributed by atoms with van der Waals surface area (Å²) in [6.45, 7) is 11.8. The molecule has 0 heterocycles. The van der Waals surface area contributed by atoms with E-state index in [1.165, 1.54) is 82.6 Å². The average molecular weight is 477 g/mol. The lowest BCUT2D eigenvalue weighted by Gasteiger charge is -2.40. The Labute approximate surface area is 212 Å². The normalized spacial score (nSPS) is 18.4. The maximum atomic E-state index is 2.57. The van der Waals surface area contributed by atoms with Crippen LogP contribution in [-0.2, 0) is 12.8 Å². The van der Waals surface area contributed by atoms with Gasteiger partial charge in [0.2, 0.25) is 0 Å². The third-order valence-electron chi connectivity index (χ3n) is 8.09. The molecule has 2 fully saturated rings. The second kappa shape index (κ2) is 12.2. The highest BCUT2D eigenvalue weighted by Gasteiger charge is 2.34. The van der Waals surface area contributed by atoms with Crippen molar-refractivity contribution in [3.05, 3.63) is 53.1 Å². The lowest BCUT2D eigenvalue weighted by Crippen LogP contribution is -2.27. The van der Waals surface area contributed by atoms with E-state index < -0.39 is 0 Å². The van der Waals surface area contributed by atoms with Gasteiger partial charge in [-0.25, -0.2) is 0 Å². The Balaban J connectivity index is 1.87. The highest BCUT2D eigenvalue weighted by molar-refractivity contribution is 7.67. The summed E-state index contributed by atoms with van der Waals surface area (Å²) in [5.41, 5.74) is 9.75. The van der Waals surface area contributed by atoms with Crippen molar-refractivity contribution in [2.75, 3.05) is 0 Å². The number of benzene rings is 2. The van der Waals surface area contributed by atoms with E-state index in [0.717, 1.165) is 11.3 Å². The van der Waals surface area contributed by atoms with E-state index in [9.17, 15) is 0 Å². The maximum Gasteiger partial charge on any atom is -0.0101 e. The Hall–Kier alpha value is -1.13. The molecule has 0 aromatic heterocycles. The van der Waals surface area contributed by atoms with E-state index in [0.29, 0.717) is 11.8 Å². The second-order valence-electron chi connectivity index (χ2n) is 12.2. The molecule has 186 valence electrons. The predicted molar refractivity (Wildman–Crippen MR) is 154 cm³/mol. The van der Waals surface area contributed by atoms with Crippen molar-refractivity contribution >= 4 is 13.2 Å². The lowest BCUT2D eigenvalue weighted by molar-refractivity contribution is 0.487. The van der Waals surface area contributed by atoms with Crippen molar-refractivity contribution in [2.24, 2.45) is 11.8 Å². The molecule has 4 rings (SSSR count). The highest BCUT2D eigenvalue weighted by Crippen LogP contribution is 2.56. The average Bonchev–Trinajstić information content (AvgIpc) is 2.80. The summed E-state index contributed by atoms with van der Waals surface area (Å²) >= 11 is 0. The Morgan fingerprint density at radius 3 is 1.65 bits per heavy atom. The monoisotopic (exact) mass is 476 g/mol. The minimum absolute atomic E-state index is 0.110. The van der Waals surface area contributed by atoms with Gasteiger partial charge >= 0.3 is 0 Å². The summed E-state index contributed by atoms with van der Waals surface area (Å²) < 4.78 is 0. The minimum Gasteiger partial charge on any atom is -0.0683 e. The van der Waals surface area contributed by atoms with E-state index in [1.54, 1.807) is 27.6 Å². The van der Waals surface area contributed by atoms with Gasteiger partial charge in [-0.05, 0) is 96.2 Å². The third-order valence-corrected chi connectivity index (χ3v) is 11.6. The van der Waals surface area contributed by atoms with Gasteiger partial charge in [-0.15, -0.1) is 0 Å². The van der Waals surface area contributed by atoms with Crippen molar-refractivity contribution in [2.45, 2.75) is 123 Å². The van der Waals surface area contributed by atoms with Gasteiger partial charge in [-0.3, -0.25) is 0 Å². The number of hydrogen-bond donors (Lipinski definition) is 0. The molecule has 0 unspecified atom stereocenters. The van der Waals surface area contributed by atoms with Gasteiger partial charge in [0, 0.05) is 0 Å². The molecule has 2 aliphatic rings. The minimum atomic E-state index is -0.110. The van der Waals surface area contributed by atoms with Crippen molar-refractivity contribution < 1.29 is 0 Å². The fourth-order valence-corrected chi connectivity index (χ4v) is 10.8. The number of aryl methyl sites for hydroxylation is 1. The lowest BCUT2D eigenvalue weighted by atomic mass is 9.85. The maximum absolute atomic E-state index is 2.57. The molecule has 2 aromatic rings. The van der Waals surface area contributed by atoms with Gasteiger partial charge in [-0.2, -0.15) is 0 Å². The summed E-state index contributed by atoms with van der Waals surface area (Å²) in [5.74, 6) is 1.36. The number of hydrogen-bond acceptors (Lipinski definition) is 0. The zero-order chi connectivity index (χ0) is 24.1. The molecule has 0 nitrogen and oxygen atoms in total. The van der Waals surface area contributed by atoms with E-state index in [2.05, 4.69) is 71.0 Å². The zero-order valence-corrected chi connectivity index (χ0v) is 23.6. The van der Waals surface area contributed by atoms with Gasteiger partial charge in [-0.1, -0.05) is 116 Å². The van der Waals surface area contributed by atoms with Crippen LogP contribution in [0.5, 0.6) is 0 Å². The molecule has 0 saturated heterocycles. The van der Waals surface area contributed by atoms with Crippen LogP contribution in [0.1, 0.15) is 109 Å². The van der Waals surface area contributed by atoms with Gasteiger partial charge in [0.15, 0.2) is 0 Å². The Kier molecular flexibility index (Phi) is 9.32. The van der Waals surface area contributed by atoms with Crippen LogP contribution in [0, 0.1) is 18.8 Å². The smallest absolute Gasteiger partial charge is 0.0101 e. The van der Waals surface area contributed by atoms with Crippen molar-refractivity contribution in [3.8, 4) is 11.1 Å². The largest absolute Gasteiger partial charge is 0.0683 e.